The van der Waals surface area contributed by atoms with Crippen molar-refractivity contribution in [2.45, 2.75) is 110 Å². The van der Waals surface area contributed by atoms with Gasteiger partial charge in [-0.15, -0.1) is 0 Å². The van der Waals surface area contributed by atoms with Crippen LogP contribution in [0.1, 0.15) is 110 Å². The van der Waals surface area contributed by atoms with E-state index in [1.165, 1.54) is 38.5 Å². The molecular formula is C20H41NO4. The third-order valence-corrected chi connectivity index (χ3v) is 4.96. The molecule has 0 unspecified atom stereocenters. The van der Waals surface area contributed by atoms with Crippen molar-refractivity contribution in [3.8, 4) is 0 Å². The highest BCUT2D eigenvalue weighted by Gasteiger charge is 2.39. The summed E-state index contributed by atoms with van der Waals surface area (Å²) in [5.41, 5.74) is -1.07. The van der Waals surface area contributed by atoms with Crippen LogP contribution >= 0.6 is 0 Å². The third-order valence-electron chi connectivity index (χ3n) is 4.96. The summed E-state index contributed by atoms with van der Waals surface area (Å²) >= 11 is 0. The van der Waals surface area contributed by atoms with Crippen molar-refractivity contribution in [3.05, 3.63) is 0 Å². The van der Waals surface area contributed by atoms with Crippen molar-refractivity contribution in [1.82, 2.24) is 6.15 Å². The molecule has 5 heteroatoms. The fourth-order valence-electron chi connectivity index (χ4n) is 3.37. The molecule has 0 saturated heterocycles. The van der Waals surface area contributed by atoms with E-state index in [9.17, 15) is 19.8 Å². The Morgan fingerprint density at radius 3 is 1.36 bits per heavy atom. The average molecular weight is 360 g/mol. The average Bonchev–Trinajstić information content (AvgIpc) is 2.53. The second kappa shape index (κ2) is 16.4. The Labute approximate surface area is 154 Å². The highest BCUT2D eigenvalue weighted by atomic mass is 16.4. The van der Waals surface area contributed by atoms with Crippen molar-refractivity contribution in [1.29, 1.82) is 0 Å². The number of carboxylic acid groups (broad SMARTS) is 2. The van der Waals surface area contributed by atoms with Gasteiger partial charge in [0.2, 0.25) is 0 Å². The molecule has 0 amide bonds. The molecule has 0 aliphatic rings. The fourth-order valence-corrected chi connectivity index (χ4v) is 3.37. The second-order valence-electron chi connectivity index (χ2n) is 7.19. The van der Waals surface area contributed by atoms with E-state index >= 15 is 0 Å². The van der Waals surface area contributed by atoms with E-state index < -0.39 is 17.4 Å². The molecule has 0 saturated carbocycles. The van der Waals surface area contributed by atoms with Gasteiger partial charge in [0, 0.05) is 0 Å². The summed E-state index contributed by atoms with van der Waals surface area (Å²) in [4.78, 5) is 23.0. The lowest BCUT2D eigenvalue weighted by molar-refractivity contribution is -0.157. The molecule has 0 aromatic rings. The van der Waals surface area contributed by atoms with Crippen LogP contribution in [-0.4, -0.2) is 22.2 Å². The Balaban J connectivity index is 0. The van der Waals surface area contributed by atoms with Crippen LogP contribution in [0.4, 0.5) is 0 Å². The van der Waals surface area contributed by atoms with Crippen LogP contribution in [0, 0.1) is 5.41 Å². The lowest BCUT2D eigenvalue weighted by Crippen LogP contribution is -2.33. The predicted molar refractivity (Wildman–Crippen MR) is 103 cm³/mol. The van der Waals surface area contributed by atoms with Crippen LogP contribution in [0.2, 0.25) is 0 Å². The lowest BCUT2D eigenvalue weighted by atomic mass is 9.75. The molecule has 0 atom stereocenters. The van der Waals surface area contributed by atoms with Crippen molar-refractivity contribution in [2.24, 2.45) is 5.41 Å². The van der Waals surface area contributed by atoms with Crippen LogP contribution < -0.4 is 6.15 Å². The summed E-state index contributed by atoms with van der Waals surface area (Å²) in [5, 5.41) is 18.9. The van der Waals surface area contributed by atoms with Crippen molar-refractivity contribution < 1.29 is 19.8 Å². The van der Waals surface area contributed by atoms with E-state index in [0.717, 1.165) is 38.5 Å². The van der Waals surface area contributed by atoms with Crippen LogP contribution in [0.3, 0.4) is 0 Å². The first-order valence-corrected chi connectivity index (χ1v) is 9.93. The number of unbranched alkanes of at least 4 members (excludes halogenated alkanes) is 10. The summed E-state index contributed by atoms with van der Waals surface area (Å²) in [5.74, 6) is -1.92. The Hall–Kier alpha value is -1.10. The Morgan fingerprint density at radius 1 is 0.680 bits per heavy atom. The van der Waals surface area contributed by atoms with Crippen LogP contribution in [0.25, 0.3) is 0 Å². The van der Waals surface area contributed by atoms with E-state index in [-0.39, 0.29) is 12.6 Å². The molecule has 0 bridgehead atoms. The number of rotatable bonds is 17. The van der Waals surface area contributed by atoms with E-state index in [2.05, 4.69) is 13.8 Å². The normalized spacial score (nSPS) is 11.1. The maximum absolute atomic E-state index is 11.8. The van der Waals surface area contributed by atoms with Crippen LogP contribution in [-0.2, 0) is 9.59 Å². The molecule has 0 radical (unpaired) electrons. The molecule has 5 nitrogen and oxygen atoms in total. The Morgan fingerprint density at radius 2 is 1.04 bits per heavy atom. The molecule has 150 valence electrons. The van der Waals surface area contributed by atoms with Gasteiger partial charge in [0.05, 0.1) is 11.8 Å². The number of carbonyl (C=O) groups is 2. The predicted octanol–water partition coefficient (Wildman–Crippen LogP) is 6.20. The topological polar surface area (TPSA) is 110 Å². The first-order chi connectivity index (χ1) is 11.5. The quantitative estimate of drug-likeness (QED) is 0.268. The van der Waals surface area contributed by atoms with Gasteiger partial charge in [-0.3, -0.25) is 9.59 Å². The minimum Gasteiger partial charge on any atom is -0.481 e. The van der Waals surface area contributed by atoms with Gasteiger partial charge in [0.15, 0.2) is 0 Å². The van der Waals surface area contributed by atoms with Gasteiger partial charge in [-0.2, -0.15) is 0 Å². The molecule has 5 N–H and O–H groups in total. The zero-order valence-electron chi connectivity index (χ0n) is 16.5. The van der Waals surface area contributed by atoms with E-state index in [1.54, 1.807) is 0 Å². The van der Waals surface area contributed by atoms with Gasteiger partial charge < -0.3 is 16.4 Å². The van der Waals surface area contributed by atoms with E-state index in [0.29, 0.717) is 12.8 Å². The number of hydrogen-bond acceptors (Lipinski definition) is 3. The molecule has 0 fully saturated rings. The van der Waals surface area contributed by atoms with Crippen LogP contribution in [0.5, 0.6) is 0 Å². The zero-order valence-corrected chi connectivity index (χ0v) is 16.5. The second-order valence-corrected chi connectivity index (χ2v) is 7.19. The number of carboxylic acids is 2. The maximum atomic E-state index is 11.8. The van der Waals surface area contributed by atoms with E-state index in [4.69, 9.17) is 0 Å². The Kier molecular flexibility index (Phi) is 17.1. The minimum atomic E-state index is -1.07. The first-order valence-electron chi connectivity index (χ1n) is 9.93. The monoisotopic (exact) mass is 359 g/mol. The molecule has 0 spiro atoms. The first kappa shape index (κ1) is 26.1. The van der Waals surface area contributed by atoms with Crippen molar-refractivity contribution in [2.75, 3.05) is 0 Å². The molecule has 0 aromatic heterocycles. The van der Waals surface area contributed by atoms with Crippen molar-refractivity contribution >= 4 is 11.9 Å². The Bertz CT molecular complexity index is 329. The lowest BCUT2D eigenvalue weighted by Gasteiger charge is -2.28. The molecule has 0 aliphatic carbocycles. The number of aliphatic carboxylic acids is 2. The maximum Gasteiger partial charge on any atom is 0.310 e. The molecule has 25 heavy (non-hydrogen) atoms. The highest BCUT2D eigenvalue weighted by molar-refractivity contribution is 5.81. The smallest absolute Gasteiger partial charge is 0.310 e. The third kappa shape index (κ3) is 12.9. The molecule has 0 heterocycles. The van der Waals surface area contributed by atoms with Crippen LogP contribution in [0.15, 0.2) is 0 Å². The summed E-state index contributed by atoms with van der Waals surface area (Å²) < 4.78 is 0. The molecule has 0 rings (SSSR count). The van der Waals surface area contributed by atoms with E-state index in [1.807, 2.05) is 0 Å². The molecular weight excluding hydrogens is 318 g/mol. The summed E-state index contributed by atoms with van der Waals surface area (Å²) in [6.07, 6.45) is 13.8. The molecule has 0 aliphatic heterocycles. The van der Waals surface area contributed by atoms with Gasteiger partial charge >= 0.3 is 11.9 Å². The summed E-state index contributed by atoms with van der Waals surface area (Å²) in [7, 11) is 0. The zero-order chi connectivity index (χ0) is 18.3. The minimum absolute atomic E-state index is 0. The standard InChI is InChI=1S/C20H38O4.H3N/c1-3-5-7-9-11-13-15-20(19(23)24,17-18(21)22)16-14-12-10-8-6-4-2;/h3-17H2,1-2H3,(H,21,22)(H,23,24);1H3. The highest BCUT2D eigenvalue weighted by Crippen LogP contribution is 2.36. The SMILES string of the molecule is CCCCCCCCC(CCCCCCCC)(CC(=O)O)C(=O)O.N. The molecule has 0 aromatic carbocycles. The summed E-state index contributed by atoms with van der Waals surface area (Å²) in [6, 6.07) is 0. The largest absolute Gasteiger partial charge is 0.481 e. The van der Waals surface area contributed by atoms with Gasteiger partial charge in [-0.25, -0.2) is 0 Å². The van der Waals surface area contributed by atoms with Gasteiger partial charge in [0.25, 0.3) is 0 Å². The fraction of sp³-hybridized carbons (Fsp3) is 0.900. The van der Waals surface area contributed by atoms with Gasteiger partial charge in [-0.05, 0) is 12.8 Å². The van der Waals surface area contributed by atoms with Crippen molar-refractivity contribution in [3.63, 3.8) is 0 Å². The van der Waals surface area contributed by atoms with Gasteiger partial charge in [-0.1, -0.05) is 90.9 Å². The van der Waals surface area contributed by atoms with Gasteiger partial charge in [0.1, 0.15) is 0 Å². The summed E-state index contributed by atoms with van der Waals surface area (Å²) in [6.45, 7) is 4.34. The number of hydrogen-bond donors (Lipinski definition) is 3.